The molecule has 0 aromatic heterocycles. The predicted molar refractivity (Wildman–Crippen MR) is 137 cm³/mol. The summed E-state index contributed by atoms with van der Waals surface area (Å²) in [7, 11) is -4.91. The van der Waals surface area contributed by atoms with Crippen molar-refractivity contribution in [2.75, 3.05) is 19.6 Å². The molecule has 0 bridgehead atoms. The van der Waals surface area contributed by atoms with E-state index in [-0.39, 0.29) is 31.8 Å². The zero-order valence-corrected chi connectivity index (χ0v) is 22.2. The number of phenolic OH excluding ortho intramolecular Hbond substituents is 2. The minimum absolute atomic E-state index is 0.0671. The van der Waals surface area contributed by atoms with Gasteiger partial charge in [-0.15, -0.1) is 0 Å². The Morgan fingerprint density at radius 2 is 1.57 bits per heavy atom. The molecule has 0 aliphatic carbocycles. The Morgan fingerprint density at radius 1 is 0.905 bits per heavy atom. The first-order valence-electron chi connectivity index (χ1n) is 11.9. The number of carbonyl (C=O) groups excluding carboxylic acids is 6. The van der Waals surface area contributed by atoms with E-state index in [1.54, 1.807) is 30.3 Å². The molecule has 18 nitrogen and oxygen atoms in total. The summed E-state index contributed by atoms with van der Waals surface area (Å²) >= 11 is 0. The van der Waals surface area contributed by atoms with Crippen LogP contribution in [0, 0.1) is 0 Å². The first-order valence-corrected chi connectivity index (χ1v) is 13.4. The molecule has 2 aromatic carbocycles. The third kappa shape index (κ3) is 6.75. The molecule has 2 fully saturated rings. The number of hydrazine groups is 1. The number of alkyl carbamates (subject to hydrolysis) is 1. The van der Waals surface area contributed by atoms with Gasteiger partial charge in [0, 0.05) is 5.56 Å². The Kier molecular flexibility index (Phi) is 8.31. The number of urea groups is 3. The Bertz CT molecular complexity index is 1550. The van der Waals surface area contributed by atoms with Crippen LogP contribution in [0.1, 0.15) is 15.9 Å². The number of likely N-dealkylation sites (tertiary alicyclic amines) is 1. The van der Waals surface area contributed by atoms with Crippen LogP contribution in [0.15, 0.2) is 48.5 Å². The van der Waals surface area contributed by atoms with Crippen molar-refractivity contribution in [1.82, 2.24) is 35.0 Å². The molecule has 0 unspecified atom stereocenters. The normalized spacial score (nSPS) is 16.4. The SMILES string of the molecule is O=C(N[C@H]1CN(C(=O)NS(=O)(=O)NC(=O)N2CCN(NC(=O)c3ccc(O)c(O)c3)C2=O)C1=O)OCc1ccccc1. The van der Waals surface area contributed by atoms with Gasteiger partial charge in [0.1, 0.15) is 12.6 Å². The van der Waals surface area contributed by atoms with Crippen molar-refractivity contribution in [3.8, 4) is 11.5 Å². The summed E-state index contributed by atoms with van der Waals surface area (Å²) in [5, 5.41) is 21.8. The van der Waals surface area contributed by atoms with E-state index in [0.29, 0.717) is 20.4 Å². The predicted octanol–water partition coefficient (Wildman–Crippen LogP) is -0.719. The third-order valence-corrected chi connectivity index (χ3v) is 6.74. The van der Waals surface area contributed by atoms with Gasteiger partial charge in [0.05, 0.1) is 19.6 Å². The number of carbonyl (C=O) groups is 6. The molecule has 2 aliphatic heterocycles. The minimum atomic E-state index is -4.91. The lowest BCUT2D eigenvalue weighted by atomic mass is 10.1. The second-order valence-electron chi connectivity index (χ2n) is 8.76. The summed E-state index contributed by atoms with van der Waals surface area (Å²) in [6, 6.07) is 6.68. The number of benzene rings is 2. The number of hydrogen-bond donors (Lipinski definition) is 6. The van der Waals surface area contributed by atoms with Gasteiger partial charge in [-0.05, 0) is 23.8 Å². The molecule has 6 N–H and O–H groups in total. The lowest BCUT2D eigenvalue weighted by molar-refractivity contribution is -0.139. The molecule has 42 heavy (non-hydrogen) atoms. The van der Waals surface area contributed by atoms with Gasteiger partial charge in [0.2, 0.25) is 0 Å². The first kappa shape index (κ1) is 29.4. The number of phenols is 2. The van der Waals surface area contributed by atoms with E-state index in [2.05, 4.69) is 10.7 Å². The quantitative estimate of drug-likeness (QED) is 0.170. The number of imide groups is 2. The highest BCUT2D eigenvalue weighted by atomic mass is 32.2. The molecule has 0 saturated carbocycles. The van der Waals surface area contributed by atoms with Crippen molar-refractivity contribution in [3.05, 3.63) is 59.7 Å². The van der Waals surface area contributed by atoms with Gasteiger partial charge in [-0.3, -0.25) is 19.9 Å². The third-order valence-electron chi connectivity index (χ3n) is 5.85. The van der Waals surface area contributed by atoms with Crippen molar-refractivity contribution in [3.63, 3.8) is 0 Å². The van der Waals surface area contributed by atoms with Crippen molar-refractivity contribution in [2.45, 2.75) is 12.6 Å². The highest BCUT2D eigenvalue weighted by Gasteiger charge is 2.44. The van der Waals surface area contributed by atoms with Gasteiger partial charge >= 0.3 is 34.4 Å². The molecule has 2 aromatic rings. The number of β-lactam (4-membered cyclic amide) rings is 1. The maximum atomic E-state index is 12.5. The summed E-state index contributed by atoms with van der Waals surface area (Å²) in [6.07, 6.45) is -0.932. The fourth-order valence-electron chi connectivity index (χ4n) is 3.67. The molecule has 9 amide bonds. The molecular weight excluding hydrogens is 582 g/mol. The van der Waals surface area contributed by atoms with Gasteiger partial charge < -0.3 is 20.3 Å². The average molecular weight is 606 g/mol. The summed E-state index contributed by atoms with van der Waals surface area (Å²) < 4.78 is 32.5. The van der Waals surface area contributed by atoms with Gasteiger partial charge in [-0.25, -0.2) is 38.5 Å². The Labute approximate surface area is 237 Å². The number of nitrogens with one attached hydrogen (secondary N) is 4. The van der Waals surface area contributed by atoms with Crippen molar-refractivity contribution < 1.29 is 52.1 Å². The molecule has 222 valence electrons. The van der Waals surface area contributed by atoms with Crippen LogP contribution in [-0.4, -0.2) is 95.1 Å². The molecule has 0 spiro atoms. The zero-order chi connectivity index (χ0) is 30.6. The van der Waals surface area contributed by atoms with Crippen molar-refractivity contribution >= 4 is 46.2 Å². The Hall–Kier alpha value is -5.59. The van der Waals surface area contributed by atoms with Gasteiger partial charge in [-0.2, -0.15) is 8.42 Å². The number of nitrogens with zero attached hydrogens (tertiary/aromatic N) is 3. The highest BCUT2D eigenvalue weighted by Crippen LogP contribution is 2.25. The molecule has 1 atom stereocenters. The fraction of sp³-hybridized carbons (Fsp3) is 0.217. The van der Waals surface area contributed by atoms with E-state index in [9.17, 15) is 47.4 Å². The number of rotatable bonds is 7. The number of hydrogen-bond acceptors (Lipinski definition) is 11. The molecule has 2 saturated heterocycles. The maximum absolute atomic E-state index is 12.5. The van der Waals surface area contributed by atoms with E-state index < -0.39 is 63.8 Å². The van der Waals surface area contributed by atoms with Crippen molar-refractivity contribution in [1.29, 1.82) is 0 Å². The largest absolute Gasteiger partial charge is 0.504 e. The van der Waals surface area contributed by atoms with Crippen LogP contribution in [0.25, 0.3) is 0 Å². The topological polar surface area (TPSA) is 244 Å². The molecule has 19 heteroatoms. The van der Waals surface area contributed by atoms with Crippen LogP contribution >= 0.6 is 0 Å². The Balaban J connectivity index is 1.22. The average Bonchev–Trinajstić information content (AvgIpc) is 3.30. The summed E-state index contributed by atoms with van der Waals surface area (Å²) in [5.41, 5.74) is 2.74. The number of ether oxygens (including phenoxy) is 1. The molecule has 2 aliphatic rings. The summed E-state index contributed by atoms with van der Waals surface area (Å²) in [4.78, 5) is 74.5. The Morgan fingerprint density at radius 3 is 2.21 bits per heavy atom. The van der Waals surface area contributed by atoms with Crippen LogP contribution < -0.4 is 20.2 Å². The van der Waals surface area contributed by atoms with Crippen LogP contribution in [0.4, 0.5) is 19.2 Å². The van der Waals surface area contributed by atoms with Crippen LogP contribution in [0.5, 0.6) is 11.5 Å². The summed E-state index contributed by atoms with van der Waals surface area (Å²) in [6.45, 7) is -1.04. The number of amides is 9. The fourth-order valence-corrected chi connectivity index (χ4v) is 4.40. The molecule has 0 radical (unpaired) electrons. The van der Waals surface area contributed by atoms with Gasteiger partial charge in [0.25, 0.3) is 11.8 Å². The van der Waals surface area contributed by atoms with E-state index in [0.717, 1.165) is 18.2 Å². The maximum Gasteiger partial charge on any atom is 0.408 e. The van der Waals surface area contributed by atoms with Crippen LogP contribution in [0.2, 0.25) is 0 Å². The van der Waals surface area contributed by atoms with Crippen LogP contribution in [0.3, 0.4) is 0 Å². The number of aromatic hydroxyl groups is 2. The van der Waals surface area contributed by atoms with Gasteiger partial charge in [0.15, 0.2) is 11.5 Å². The zero-order valence-electron chi connectivity index (χ0n) is 21.3. The van der Waals surface area contributed by atoms with Crippen molar-refractivity contribution in [2.24, 2.45) is 0 Å². The monoisotopic (exact) mass is 605 g/mol. The molecular formula is C23H23N7O11S. The second kappa shape index (κ2) is 11.9. The standard InChI is InChI=1S/C23H23N7O11S/c31-16-7-6-14(10-17(16)32)18(33)25-30-9-8-28(23(30)38)20(35)26-42(39,40)27-21(36)29-11-15(19(29)34)24-22(37)41-12-13-4-2-1-3-5-13/h1-7,10,15,31-32H,8-9,11-12H2,(H,24,37)(H,25,33)(H,26,35)(H,27,36)/t15-/m0/s1. The first-order chi connectivity index (χ1) is 19.8. The second-order valence-corrected chi connectivity index (χ2v) is 10.2. The van der Waals surface area contributed by atoms with E-state index in [1.165, 1.54) is 9.44 Å². The summed E-state index contributed by atoms with van der Waals surface area (Å²) in [5.74, 6) is -2.88. The lowest BCUT2D eigenvalue weighted by Gasteiger charge is -2.36. The minimum Gasteiger partial charge on any atom is -0.504 e. The van der Waals surface area contributed by atoms with Gasteiger partial charge in [-0.1, -0.05) is 30.3 Å². The van der Waals surface area contributed by atoms with E-state index in [4.69, 9.17) is 4.74 Å². The highest BCUT2D eigenvalue weighted by molar-refractivity contribution is 7.88. The van der Waals surface area contributed by atoms with E-state index in [1.807, 2.05) is 0 Å². The lowest BCUT2D eigenvalue weighted by Crippen LogP contribution is -2.68. The van der Waals surface area contributed by atoms with Crippen LogP contribution in [-0.2, 0) is 26.3 Å². The molecule has 2 heterocycles. The smallest absolute Gasteiger partial charge is 0.408 e. The molecule has 4 rings (SSSR count). The van der Waals surface area contributed by atoms with E-state index >= 15 is 0 Å².